The highest BCUT2D eigenvalue weighted by Crippen LogP contribution is 2.25. The summed E-state index contributed by atoms with van der Waals surface area (Å²) < 4.78 is 7.55. The van der Waals surface area contributed by atoms with Gasteiger partial charge in [-0.25, -0.2) is 4.98 Å². The maximum absolute atomic E-state index is 12.8. The Balaban J connectivity index is 1.73. The second-order valence-corrected chi connectivity index (χ2v) is 5.62. The fourth-order valence-corrected chi connectivity index (χ4v) is 3.06. The quantitative estimate of drug-likeness (QED) is 0.871. The van der Waals surface area contributed by atoms with Crippen LogP contribution in [0.5, 0.6) is 0 Å². The molecule has 1 aliphatic rings. The fraction of sp³-hybridized carbons (Fsp3) is 0.412. The molecular formula is C17H21N3O2. The molecule has 3 rings (SSSR count). The van der Waals surface area contributed by atoms with Crippen molar-refractivity contribution in [2.24, 2.45) is 0 Å². The Bertz CT molecular complexity index is 598. The molecule has 1 saturated heterocycles. The summed E-state index contributed by atoms with van der Waals surface area (Å²) in [5.41, 5.74) is 0.903. The SMILES string of the molecule is COC(C(=O)N1CCCC(n2ccnc2)C1)c1ccccc1. The molecule has 0 radical (unpaired) electrons. The van der Waals surface area contributed by atoms with Crippen LogP contribution in [0, 0.1) is 0 Å². The summed E-state index contributed by atoms with van der Waals surface area (Å²) in [5.74, 6) is 0.0403. The lowest BCUT2D eigenvalue weighted by atomic mass is 10.0. The number of imidazole rings is 1. The van der Waals surface area contributed by atoms with Gasteiger partial charge >= 0.3 is 0 Å². The number of hydrogen-bond acceptors (Lipinski definition) is 3. The molecule has 1 amide bonds. The molecule has 1 aromatic heterocycles. The first-order chi connectivity index (χ1) is 10.8. The largest absolute Gasteiger partial charge is 0.367 e. The summed E-state index contributed by atoms with van der Waals surface area (Å²) in [5, 5.41) is 0. The molecule has 2 unspecified atom stereocenters. The van der Waals surface area contributed by atoms with E-state index in [1.165, 1.54) is 0 Å². The van der Waals surface area contributed by atoms with Crippen molar-refractivity contribution in [1.29, 1.82) is 0 Å². The van der Waals surface area contributed by atoms with Gasteiger partial charge in [-0.3, -0.25) is 4.79 Å². The summed E-state index contributed by atoms with van der Waals surface area (Å²) in [6, 6.07) is 9.97. The number of hydrogen-bond donors (Lipinski definition) is 0. The molecule has 116 valence electrons. The van der Waals surface area contributed by atoms with Crippen LogP contribution in [0.25, 0.3) is 0 Å². The zero-order chi connectivity index (χ0) is 15.4. The minimum Gasteiger partial charge on any atom is -0.367 e. The van der Waals surface area contributed by atoms with E-state index in [1.54, 1.807) is 13.3 Å². The Kier molecular flexibility index (Phi) is 4.53. The van der Waals surface area contributed by atoms with Gasteiger partial charge in [0.25, 0.3) is 5.91 Å². The molecule has 5 heteroatoms. The molecule has 1 aliphatic heterocycles. The fourth-order valence-electron chi connectivity index (χ4n) is 3.06. The van der Waals surface area contributed by atoms with E-state index in [0.717, 1.165) is 24.9 Å². The van der Waals surface area contributed by atoms with Crippen molar-refractivity contribution in [3.05, 3.63) is 54.6 Å². The Morgan fingerprint density at radius 1 is 1.36 bits per heavy atom. The number of carbonyl (C=O) groups is 1. The number of aromatic nitrogens is 2. The molecule has 2 heterocycles. The minimum absolute atomic E-state index is 0.0403. The van der Waals surface area contributed by atoms with E-state index in [1.807, 2.05) is 47.8 Å². The zero-order valence-electron chi connectivity index (χ0n) is 12.8. The second-order valence-electron chi connectivity index (χ2n) is 5.62. The number of nitrogens with zero attached hydrogens (tertiary/aromatic N) is 3. The van der Waals surface area contributed by atoms with Crippen molar-refractivity contribution in [3.8, 4) is 0 Å². The lowest BCUT2D eigenvalue weighted by Crippen LogP contribution is -2.43. The van der Waals surface area contributed by atoms with Gasteiger partial charge < -0.3 is 14.2 Å². The zero-order valence-corrected chi connectivity index (χ0v) is 12.8. The van der Waals surface area contributed by atoms with Gasteiger partial charge in [0.05, 0.1) is 12.4 Å². The van der Waals surface area contributed by atoms with E-state index in [4.69, 9.17) is 4.74 Å². The molecule has 22 heavy (non-hydrogen) atoms. The molecule has 1 aromatic carbocycles. The number of rotatable bonds is 4. The van der Waals surface area contributed by atoms with Gasteiger partial charge in [-0.15, -0.1) is 0 Å². The van der Waals surface area contributed by atoms with Gasteiger partial charge in [0.2, 0.25) is 0 Å². The number of benzene rings is 1. The van der Waals surface area contributed by atoms with Gasteiger partial charge in [0.1, 0.15) is 0 Å². The maximum Gasteiger partial charge on any atom is 0.256 e. The number of methoxy groups -OCH3 is 1. The molecule has 2 aromatic rings. The number of likely N-dealkylation sites (tertiary alicyclic amines) is 1. The third-order valence-electron chi connectivity index (χ3n) is 4.22. The van der Waals surface area contributed by atoms with E-state index in [2.05, 4.69) is 9.55 Å². The first-order valence-electron chi connectivity index (χ1n) is 7.63. The standard InChI is InChI=1S/C17H21N3O2/c1-22-16(14-6-3-2-4-7-14)17(21)19-10-5-8-15(12-19)20-11-9-18-13-20/h2-4,6-7,9,11,13,15-16H,5,8,10,12H2,1H3. The van der Waals surface area contributed by atoms with Crippen LogP contribution >= 0.6 is 0 Å². The highest BCUT2D eigenvalue weighted by molar-refractivity contribution is 5.82. The van der Waals surface area contributed by atoms with Crippen LogP contribution in [-0.4, -0.2) is 40.6 Å². The maximum atomic E-state index is 12.8. The third-order valence-corrected chi connectivity index (χ3v) is 4.22. The number of piperidine rings is 1. The van der Waals surface area contributed by atoms with Gasteiger partial charge in [-0.05, 0) is 18.4 Å². The summed E-state index contributed by atoms with van der Waals surface area (Å²) in [4.78, 5) is 18.8. The molecular weight excluding hydrogens is 278 g/mol. The monoisotopic (exact) mass is 299 g/mol. The molecule has 0 bridgehead atoms. The smallest absolute Gasteiger partial charge is 0.256 e. The Morgan fingerprint density at radius 2 is 2.18 bits per heavy atom. The van der Waals surface area contributed by atoms with Gasteiger partial charge in [-0.1, -0.05) is 30.3 Å². The van der Waals surface area contributed by atoms with E-state index < -0.39 is 6.10 Å². The lowest BCUT2D eigenvalue weighted by molar-refractivity contribution is -0.144. The number of ether oxygens (including phenoxy) is 1. The molecule has 0 N–H and O–H groups in total. The molecule has 5 nitrogen and oxygen atoms in total. The molecule has 0 saturated carbocycles. The van der Waals surface area contributed by atoms with Crippen molar-refractivity contribution in [3.63, 3.8) is 0 Å². The molecule has 2 atom stereocenters. The van der Waals surface area contributed by atoms with Gasteiger partial charge in [0.15, 0.2) is 6.10 Å². The Labute approximate surface area is 130 Å². The summed E-state index contributed by atoms with van der Waals surface area (Å²) >= 11 is 0. The average molecular weight is 299 g/mol. The van der Waals surface area contributed by atoms with Crippen molar-refractivity contribution in [1.82, 2.24) is 14.5 Å². The summed E-state index contributed by atoms with van der Waals surface area (Å²) in [6.45, 7) is 1.50. The predicted octanol–water partition coefficient (Wildman–Crippen LogP) is 2.43. The highest BCUT2D eigenvalue weighted by atomic mass is 16.5. The first kappa shape index (κ1) is 14.8. The number of carbonyl (C=O) groups excluding carboxylic acids is 1. The van der Waals surface area contributed by atoms with E-state index in [9.17, 15) is 4.79 Å². The van der Waals surface area contributed by atoms with E-state index >= 15 is 0 Å². The normalized spacial score (nSPS) is 19.9. The second kappa shape index (κ2) is 6.75. The van der Waals surface area contributed by atoms with Gasteiger partial charge in [0, 0.05) is 32.6 Å². The van der Waals surface area contributed by atoms with E-state index in [-0.39, 0.29) is 5.91 Å². The summed E-state index contributed by atoms with van der Waals surface area (Å²) in [7, 11) is 1.59. The average Bonchev–Trinajstić information content (AvgIpc) is 3.11. The number of amides is 1. The van der Waals surface area contributed by atoms with Crippen LogP contribution < -0.4 is 0 Å². The van der Waals surface area contributed by atoms with Gasteiger partial charge in [-0.2, -0.15) is 0 Å². The Hall–Kier alpha value is -2.14. The van der Waals surface area contributed by atoms with Crippen molar-refractivity contribution < 1.29 is 9.53 Å². The molecule has 0 aliphatic carbocycles. The third kappa shape index (κ3) is 3.04. The first-order valence-corrected chi connectivity index (χ1v) is 7.63. The van der Waals surface area contributed by atoms with Crippen LogP contribution in [0.2, 0.25) is 0 Å². The lowest BCUT2D eigenvalue weighted by Gasteiger charge is -2.35. The minimum atomic E-state index is -0.525. The van der Waals surface area contributed by atoms with Crippen molar-refractivity contribution in [2.75, 3.05) is 20.2 Å². The summed E-state index contributed by atoms with van der Waals surface area (Å²) in [6.07, 6.45) is 7.11. The van der Waals surface area contributed by atoms with E-state index in [0.29, 0.717) is 12.6 Å². The predicted molar refractivity (Wildman–Crippen MR) is 83.3 cm³/mol. The van der Waals surface area contributed by atoms with Crippen LogP contribution in [-0.2, 0) is 9.53 Å². The van der Waals surface area contributed by atoms with Crippen LogP contribution in [0.3, 0.4) is 0 Å². The van der Waals surface area contributed by atoms with Crippen molar-refractivity contribution >= 4 is 5.91 Å². The van der Waals surface area contributed by atoms with Crippen molar-refractivity contribution in [2.45, 2.75) is 25.0 Å². The van der Waals surface area contributed by atoms with Crippen LogP contribution in [0.4, 0.5) is 0 Å². The van der Waals surface area contributed by atoms with Crippen LogP contribution in [0.1, 0.15) is 30.6 Å². The highest BCUT2D eigenvalue weighted by Gasteiger charge is 2.30. The molecule has 0 spiro atoms. The topological polar surface area (TPSA) is 47.4 Å². The molecule has 1 fully saturated rings. The Morgan fingerprint density at radius 3 is 2.86 bits per heavy atom. The van der Waals surface area contributed by atoms with Crippen LogP contribution in [0.15, 0.2) is 49.1 Å².